The molecule has 0 aliphatic heterocycles. The average Bonchev–Trinajstić information content (AvgIpc) is 2.68. The van der Waals surface area contributed by atoms with Crippen molar-refractivity contribution in [1.82, 2.24) is 0 Å². The van der Waals surface area contributed by atoms with Crippen LogP contribution in [-0.2, 0) is 42.2 Å². The summed E-state index contributed by atoms with van der Waals surface area (Å²) in [6.45, 7) is 8.90. The monoisotopic (exact) mass is 452 g/mol. The highest BCUT2D eigenvalue weighted by atomic mass is 31.2. The van der Waals surface area contributed by atoms with Gasteiger partial charge < -0.3 is 23.3 Å². The number of hydrogen-bond donors (Lipinski definition) is 0. The number of carbonyl (C=O) groups is 3. The summed E-state index contributed by atoms with van der Waals surface area (Å²) in [7, 11) is -4.17. The van der Waals surface area contributed by atoms with Crippen molar-refractivity contribution < 1.29 is 42.2 Å². The lowest BCUT2D eigenvalue weighted by molar-refractivity contribution is -0.159. The van der Waals surface area contributed by atoms with Gasteiger partial charge in [-0.3, -0.25) is 18.9 Å². The molecule has 0 saturated carbocycles. The molecule has 0 unspecified atom stereocenters. The Kier molecular flexibility index (Phi) is 15.5. The summed E-state index contributed by atoms with van der Waals surface area (Å²) in [4.78, 5) is 37.6. The van der Waals surface area contributed by atoms with Crippen LogP contribution in [0.2, 0.25) is 0 Å². The molecule has 0 bridgehead atoms. The normalized spacial score (nSPS) is 13.4. The first kappa shape index (κ1) is 28.6. The summed E-state index contributed by atoms with van der Waals surface area (Å²) in [6.07, 6.45) is 2.19. The summed E-state index contributed by atoms with van der Waals surface area (Å²) in [5.41, 5.74) is -1.63. The van der Waals surface area contributed by atoms with Crippen molar-refractivity contribution in [3.8, 4) is 0 Å². The van der Waals surface area contributed by atoms with Crippen LogP contribution in [-0.4, -0.2) is 56.6 Å². The van der Waals surface area contributed by atoms with Crippen molar-refractivity contribution in [2.45, 2.75) is 72.4 Å². The van der Waals surface area contributed by atoms with E-state index >= 15 is 0 Å². The van der Waals surface area contributed by atoms with E-state index in [1.807, 2.05) is 13.8 Å². The number of rotatable bonds is 17. The van der Waals surface area contributed by atoms with Gasteiger partial charge in [0.2, 0.25) is 0 Å². The Morgan fingerprint density at radius 1 is 0.733 bits per heavy atom. The van der Waals surface area contributed by atoms with Crippen molar-refractivity contribution in [2.24, 2.45) is 5.92 Å². The fourth-order valence-corrected chi connectivity index (χ4v) is 4.75. The summed E-state index contributed by atoms with van der Waals surface area (Å²) >= 11 is 0. The van der Waals surface area contributed by atoms with Gasteiger partial charge in [-0.2, -0.15) is 0 Å². The first-order valence-electron chi connectivity index (χ1n) is 10.7. The first-order valence-corrected chi connectivity index (χ1v) is 12.3. The molecule has 0 radical (unpaired) electrons. The Labute approximate surface area is 179 Å². The minimum Gasteiger partial charge on any atom is -0.466 e. The Morgan fingerprint density at radius 3 is 1.63 bits per heavy atom. The Bertz CT molecular complexity index is 550. The van der Waals surface area contributed by atoms with Crippen molar-refractivity contribution in [3.63, 3.8) is 0 Å². The predicted octanol–water partition coefficient (Wildman–Crippen LogP) is 3.88. The third-order valence-electron chi connectivity index (χ3n) is 4.07. The van der Waals surface area contributed by atoms with E-state index in [2.05, 4.69) is 0 Å². The minimum atomic E-state index is -4.17. The van der Waals surface area contributed by atoms with Crippen LogP contribution in [0.5, 0.6) is 0 Å². The second-order valence-corrected chi connectivity index (χ2v) is 8.63. The SMILES string of the molecule is CCCCOP(=O)(OCCCC)[C@@H](C(=O)OCC)[C@H](CC(=O)OCC)C(=O)OCC. The molecule has 30 heavy (non-hydrogen) atoms. The zero-order valence-corrected chi connectivity index (χ0v) is 19.7. The summed E-state index contributed by atoms with van der Waals surface area (Å²) in [6, 6.07) is 0. The Hall–Kier alpha value is -1.44. The molecule has 0 aromatic heterocycles. The molecule has 9 nitrogen and oxygen atoms in total. The molecule has 0 N–H and O–H groups in total. The molecule has 176 valence electrons. The van der Waals surface area contributed by atoms with Crippen LogP contribution in [0, 0.1) is 5.92 Å². The van der Waals surface area contributed by atoms with Crippen molar-refractivity contribution in [2.75, 3.05) is 33.0 Å². The predicted molar refractivity (Wildman–Crippen MR) is 111 cm³/mol. The van der Waals surface area contributed by atoms with Crippen molar-refractivity contribution in [3.05, 3.63) is 0 Å². The Balaban J connectivity index is 6.14. The van der Waals surface area contributed by atoms with E-state index in [0.29, 0.717) is 12.8 Å². The molecule has 0 rings (SSSR count). The molecule has 0 spiro atoms. The van der Waals surface area contributed by atoms with E-state index in [1.165, 1.54) is 0 Å². The zero-order chi connectivity index (χ0) is 23.0. The summed E-state index contributed by atoms with van der Waals surface area (Å²) in [5.74, 6) is -3.94. The number of carbonyl (C=O) groups excluding carboxylic acids is 3. The molecule has 0 heterocycles. The average molecular weight is 452 g/mol. The molecular formula is C20H37O9P. The number of ether oxygens (including phenoxy) is 3. The van der Waals surface area contributed by atoms with E-state index < -0.39 is 43.5 Å². The molecule has 0 fully saturated rings. The van der Waals surface area contributed by atoms with Crippen LogP contribution in [0.3, 0.4) is 0 Å². The maximum Gasteiger partial charge on any atom is 0.345 e. The summed E-state index contributed by atoms with van der Waals surface area (Å²) < 4.78 is 40.0. The van der Waals surface area contributed by atoms with Crippen LogP contribution >= 0.6 is 7.60 Å². The van der Waals surface area contributed by atoms with Gasteiger partial charge in [0.05, 0.1) is 45.4 Å². The van der Waals surface area contributed by atoms with Crippen LogP contribution in [0.25, 0.3) is 0 Å². The van der Waals surface area contributed by atoms with Gasteiger partial charge in [0, 0.05) is 0 Å². The van der Waals surface area contributed by atoms with Crippen LogP contribution in [0.1, 0.15) is 66.7 Å². The van der Waals surface area contributed by atoms with E-state index in [4.69, 9.17) is 23.3 Å². The van der Waals surface area contributed by atoms with Crippen LogP contribution in [0.15, 0.2) is 0 Å². The standard InChI is InChI=1S/C20H37O9P/c1-6-11-13-28-30(24,29-14-12-7-2)18(20(23)27-10-5)16(19(22)26-9-4)15-17(21)25-8-3/h16,18H,6-15H2,1-5H3/t16-,18+/m0/s1. The van der Waals surface area contributed by atoms with E-state index in [-0.39, 0.29) is 33.0 Å². The van der Waals surface area contributed by atoms with Gasteiger partial charge in [0.25, 0.3) is 0 Å². The second-order valence-electron chi connectivity index (χ2n) is 6.48. The number of unbranched alkanes of at least 4 members (excludes halogenated alkanes) is 2. The van der Waals surface area contributed by atoms with Gasteiger partial charge in [-0.25, -0.2) is 0 Å². The van der Waals surface area contributed by atoms with Gasteiger partial charge in [-0.15, -0.1) is 0 Å². The molecule has 0 aromatic rings. The first-order chi connectivity index (χ1) is 14.3. The lowest BCUT2D eigenvalue weighted by Gasteiger charge is -2.30. The molecule has 0 aliphatic rings. The van der Waals surface area contributed by atoms with E-state index in [0.717, 1.165) is 12.8 Å². The fourth-order valence-electron chi connectivity index (χ4n) is 2.58. The quantitative estimate of drug-likeness (QED) is 0.140. The molecule has 0 amide bonds. The molecule has 0 saturated heterocycles. The maximum absolute atomic E-state index is 13.8. The lowest BCUT2D eigenvalue weighted by atomic mass is 10.0. The largest absolute Gasteiger partial charge is 0.466 e. The highest BCUT2D eigenvalue weighted by Crippen LogP contribution is 2.57. The van der Waals surface area contributed by atoms with Crippen LogP contribution < -0.4 is 0 Å². The Morgan fingerprint density at radius 2 is 1.20 bits per heavy atom. The molecule has 2 atom stereocenters. The molecule has 0 aliphatic carbocycles. The van der Waals surface area contributed by atoms with Crippen LogP contribution in [0.4, 0.5) is 0 Å². The van der Waals surface area contributed by atoms with Gasteiger partial charge in [-0.05, 0) is 33.6 Å². The topological polar surface area (TPSA) is 114 Å². The molecule has 10 heteroatoms. The minimum absolute atomic E-state index is 0.00575. The smallest absolute Gasteiger partial charge is 0.345 e. The van der Waals surface area contributed by atoms with Crippen molar-refractivity contribution >= 4 is 25.5 Å². The number of hydrogen-bond acceptors (Lipinski definition) is 9. The highest BCUT2D eigenvalue weighted by molar-refractivity contribution is 7.55. The summed E-state index contributed by atoms with van der Waals surface area (Å²) in [5, 5.41) is 0. The third kappa shape index (κ3) is 10.0. The fraction of sp³-hybridized carbons (Fsp3) is 0.850. The van der Waals surface area contributed by atoms with Gasteiger partial charge in [-0.1, -0.05) is 26.7 Å². The zero-order valence-electron chi connectivity index (χ0n) is 18.8. The third-order valence-corrected chi connectivity index (χ3v) is 6.41. The van der Waals surface area contributed by atoms with Gasteiger partial charge in [0.15, 0.2) is 5.66 Å². The number of esters is 3. The molecule has 0 aromatic carbocycles. The molecular weight excluding hydrogens is 415 g/mol. The second kappa shape index (κ2) is 16.3. The van der Waals surface area contributed by atoms with E-state index in [1.54, 1.807) is 20.8 Å². The van der Waals surface area contributed by atoms with Gasteiger partial charge >= 0.3 is 25.5 Å². The van der Waals surface area contributed by atoms with Gasteiger partial charge in [0.1, 0.15) is 0 Å². The lowest BCUT2D eigenvalue weighted by Crippen LogP contribution is -2.40. The van der Waals surface area contributed by atoms with Crippen molar-refractivity contribution in [1.29, 1.82) is 0 Å². The van der Waals surface area contributed by atoms with E-state index in [9.17, 15) is 18.9 Å². The highest BCUT2D eigenvalue weighted by Gasteiger charge is 2.52. The maximum atomic E-state index is 13.8.